The van der Waals surface area contributed by atoms with Crippen LogP contribution in [0.2, 0.25) is 5.02 Å². The molecule has 1 aromatic rings. The standard InChI is InChI=1S/C14H19ClFNO/c1-8-6-7-10(15)11(12(8)16)13(17)14(18)9-4-2-3-5-9/h6-7,9,13-14,18H,2-5,17H2,1H3/t13-,14+/m1/s1. The lowest BCUT2D eigenvalue weighted by molar-refractivity contribution is 0.0833. The monoisotopic (exact) mass is 271 g/mol. The summed E-state index contributed by atoms with van der Waals surface area (Å²) in [5.41, 5.74) is 6.76. The zero-order valence-corrected chi connectivity index (χ0v) is 11.3. The van der Waals surface area contributed by atoms with E-state index in [2.05, 4.69) is 0 Å². The Balaban J connectivity index is 2.27. The molecule has 0 radical (unpaired) electrons. The number of nitrogens with two attached hydrogens (primary N) is 1. The summed E-state index contributed by atoms with van der Waals surface area (Å²) >= 11 is 6.02. The Hall–Kier alpha value is -0.640. The van der Waals surface area contributed by atoms with E-state index in [9.17, 15) is 9.50 Å². The minimum Gasteiger partial charge on any atom is -0.391 e. The van der Waals surface area contributed by atoms with Crippen LogP contribution in [0.15, 0.2) is 12.1 Å². The van der Waals surface area contributed by atoms with Crippen molar-refractivity contribution in [2.45, 2.75) is 44.8 Å². The smallest absolute Gasteiger partial charge is 0.132 e. The Kier molecular flexibility index (Phi) is 4.25. The Bertz CT molecular complexity index is 432. The van der Waals surface area contributed by atoms with Gasteiger partial charge in [-0.15, -0.1) is 0 Å². The summed E-state index contributed by atoms with van der Waals surface area (Å²) in [4.78, 5) is 0. The number of aliphatic hydroxyl groups is 1. The zero-order chi connectivity index (χ0) is 13.3. The molecule has 0 unspecified atom stereocenters. The van der Waals surface area contributed by atoms with Crippen LogP contribution in [-0.2, 0) is 0 Å². The second kappa shape index (κ2) is 5.55. The van der Waals surface area contributed by atoms with Crippen molar-refractivity contribution in [2.24, 2.45) is 11.7 Å². The van der Waals surface area contributed by atoms with Crippen molar-refractivity contribution in [1.82, 2.24) is 0 Å². The van der Waals surface area contributed by atoms with E-state index in [0.717, 1.165) is 25.7 Å². The molecule has 4 heteroatoms. The van der Waals surface area contributed by atoms with Gasteiger partial charge in [0.15, 0.2) is 0 Å². The molecule has 18 heavy (non-hydrogen) atoms. The number of rotatable bonds is 3. The van der Waals surface area contributed by atoms with Crippen molar-refractivity contribution in [3.8, 4) is 0 Å². The molecule has 100 valence electrons. The summed E-state index contributed by atoms with van der Waals surface area (Å²) in [7, 11) is 0. The first-order valence-electron chi connectivity index (χ1n) is 6.40. The highest BCUT2D eigenvalue weighted by atomic mass is 35.5. The third-order valence-corrected chi connectivity index (χ3v) is 4.23. The molecule has 0 amide bonds. The molecule has 0 bridgehead atoms. The second-order valence-electron chi connectivity index (χ2n) is 5.15. The van der Waals surface area contributed by atoms with E-state index in [0.29, 0.717) is 10.6 Å². The number of halogens is 2. The van der Waals surface area contributed by atoms with E-state index in [1.54, 1.807) is 19.1 Å². The Morgan fingerprint density at radius 3 is 2.61 bits per heavy atom. The van der Waals surface area contributed by atoms with Crippen molar-refractivity contribution < 1.29 is 9.50 Å². The van der Waals surface area contributed by atoms with Crippen molar-refractivity contribution in [1.29, 1.82) is 0 Å². The third-order valence-electron chi connectivity index (χ3n) is 3.90. The number of hydrogen-bond donors (Lipinski definition) is 2. The van der Waals surface area contributed by atoms with Gasteiger partial charge in [0, 0.05) is 10.6 Å². The first-order valence-corrected chi connectivity index (χ1v) is 6.78. The van der Waals surface area contributed by atoms with Gasteiger partial charge in [-0.2, -0.15) is 0 Å². The van der Waals surface area contributed by atoms with E-state index in [4.69, 9.17) is 17.3 Å². The molecule has 1 aromatic carbocycles. The summed E-state index contributed by atoms with van der Waals surface area (Å²) in [6.07, 6.45) is 3.41. The summed E-state index contributed by atoms with van der Waals surface area (Å²) in [6.45, 7) is 1.67. The molecule has 2 atom stereocenters. The third kappa shape index (κ3) is 2.53. The number of hydrogen-bond acceptors (Lipinski definition) is 2. The van der Waals surface area contributed by atoms with E-state index in [1.165, 1.54) is 0 Å². The predicted molar refractivity (Wildman–Crippen MR) is 71.0 cm³/mol. The van der Waals surface area contributed by atoms with Crippen LogP contribution in [0.1, 0.15) is 42.9 Å². The molecule has 0 spiro atoms. The molecule has 2 nitrogen and oxygen atoms in total. The van der Waals surface area contributed by atoms with Gasteiger partial charge in [0.2, 0.25) is 0 Å². The Morgan fingerprint density at radius 1 is 1.39 bits per heavy atom. The number of benzene rings is 1. The summed E-state index contributed by atoms with van der Waals surface area (Å²) in [5, 5.41) is 10.6. The van der Waals surface area contributed by atoms with Gasteiger partial charge in [0.05, 0.1) is 12.1 Å². The SMILES string of the molecule is Cc1ccc(Cl)c([C@@H](N)[C@@H](O)C2CCCC2)c1F. The van der Waals surface area contributed by atoms with Crippen LogP contribution in [0, 0.1) is 18.7 Å². The van der Waals surface area contributed by atoms with E-state index in [-0.39, 0.29) is 11.5 Å². The van der Waals surface area contributed by atoms with Gasteiger partial charge in [-0.25, -0.2) is 4.39 Å². The molecule has 1 saturated carbocycles. The van der Waals surface area contributed by atoms with Crippen molar-refractivity contribution >= 4 is 11.6 Å². The number of aryl methyl sites for hydroxylation is 1. The molecule has 0 aliphatic heterocycles. The van der Waals surface area contributed by atoms with Crippen molar-refractivity contribution in [3.63, 3.8) is 0 Å². The maximum absolute atomic E-state index is 14.1. The minimum atomic E-state index is -0.750. The average Bonchev–Trinajstić information content (AvgIpc) is 2.87. The fraction of sp³-hybridized carbons (Fsp3) is 0.571. The molecule has 0 saturated heterocycles. The minimum absolute atomic E-state index is 0.163. The molecule has 0 aromatic heterocycles. The highest BCUT2D eigenvalue weighted by Gasteiger charge is 2.31. The quantitative estimate of drug-likeness (QED) is 0.886. The maximum atomic E-state index is 14.1. The van der Waals surface area contributed by atoms with Crippen LogP contribution >= 0.6 is 11.6 Å². The summed E-state index contributed by atoms with van der Waals surface area (Å²) in [6, 6.07) is 2.51. The van der Waals surface area contributed by atoms with Crippen LogP contribution in [-0.4, -0.2) is 11.2 Å². The summed E-state index contributed by atoms with van der Waals surface area (Å²) in [5.74, 6) is -0.233. The van der Waals surface area contributed by atoms with Gasteiger partial charge in [0.1, 0.15) is 5.82 Å². The first kappa shape index (κ1) is 13.8. The highest BCUT2D eigenvalue weighted by Crippen LogP contribution is 2.35. The molecular formula is C14H19ClFNO. The molecular weight excluding hydrogens is 253 g/mol. The lowest BCUT2D eigenvalue weighted by Gasteiger charge is -2.26. The van der Waals surface area contributed by atoms with Crippen molar-refractivity contribution in [2.75, 3.05) is 0 Å². The number of aliphatic hydroxyl groups excluding tert-OH is 1. The van der Waals surface area contributed by atoms with E-state index < -0.39 is 18.0 Å². The average molecular weight is 272 g/mol. The van der Waals surface area contributed by atoms with Gasteiger partial charge in [-0.05, 0) is 37.3 Å². The zero-order valence-electron chi connectivity index (χ0n) is 10.5. The van der Waals surface area contributed by atoms with Gasteiger partial charge in [-0.3, -0.25) is 0 Å². The van der Waals surface area contributed by atoms with Gasteiger partial charge >= 0.3 is 0 Å². The molecule has 1 aliphatic rings. The van der Waals surface area contributed by atoms with E-state index >= 15 is 0 Å². The molecule has 2 rings (SSSR count). The fourth-order valence-corrected chi connectivity index (χ4v) is 3.02. The van der Waals surface area contributed by atoms with Crippen molar-refractivity contribution in [3.05, 3.63) is 34.1 Å². The van der Waals surface area contributed by atoms with Crippen LogP contribution in [0.5, 0.6) is 0 Å². The molecule has 3 N–H and O–H groups in total. The lowest BCUT2D eigenvalue weighted by Crippen LogP contribution is -2.33. The summed E-state index contributed by atoms with van der Waals surface area (Å²) < 4.78 is 14.1. The Morgan fingerprint density at radius 2 is 2.00 bits per heavy atom. The lowest BCUT2D eigenvalue weighted by atomic mass is 9.90. The van der Waals surface area contributed by atoms with E-state index in [1.807, 2.05) is 0 Å². The highest BCUT2D eigenvalue weighted by molar-refractivity contribution is 6.31. The van der Waals surface area contributed by atoms with Crippen LogP contribution < -0.4 is 5.73 Å². The van der Waals surface area contributed by atoms with Crippen LogP contribution in [0.3, 0.4) is 0 Å². The molecule has 1 fully saturated rings. The van der Waals surface area contributed by atoms with Crippen LogP contribution in [0.25, 0.3) is 0 Å². The maximum Gasteiger partial charge on any atom is 0.132 e. The van der Waals surface area contributed by atoms with Gasteiger partial charge < -0.3 is 10.8 Å². The normalized spacial score (nSPS) is 20.1. The topological polar surface area (TPSA) is 46.2 Å². The van der Waals surface area contributed by atoms with Crippen LogP contribution in [0.4, 0.5) is 4.39 Å². The molecule has 1 aliphatic carbocycles. The first-order chi connectivity index (χ1) is 8.52. The Labute approximate surface area is 112 Å². The molecule has 0 heterocycles. The largest absolute Gasteiger partial charge is 0.391 e. The fourth-order valence-electron chi connectivity index (χ4n) is 2.75. The predicted octanol–water partition coefficient (Wildman–Crippen LogP) is 3.34. The van der Waals surface area contributed by atoms with Gasteiger partial charge in [0.25, 0.3) is 0 Å². The second-order valence-corrected chi connectivity index (χ2v) is 5.56. The van der Waals surface area contributed by atoms with Gasteiger partial charge in [-0.1, -0.05) is 30.5 Å².